The Morgan fingerprint density at radius 1 is 1.57 bits per heavy atom. The summed E-state index contributed by atoms with van der Waals surface area (Å²) in [5.41, 5.74) is 0. The van der Waals surface area contributed by atoms with Crippen molar-refractivity contribution in [3.8, 4) is 0 Å². The summed E-state index contributed by atoms with van der Waals surface area (Å²) in [6, 6.07) is 0. The minimum Gasteiger partial charge on any atom is -0.458 e. The van der Waals surface area contributed by atoms with Gasteiger partial charge >= 0.3 is 12.1 Å². The lowest BCUT2D eigenvalue weighted by Gasteiger charge is -2.09. The highest BCUT2D eigenvalue weighted by atomic mass is 16.7. The number of hydrogen-bond acceptors (Lipinski definition) is 5. The van der Waals surface area contributed by atoms with Gasteiger partial charge in [0.05, 0.1) is 12.5 Å². The number of cyclic esters (lactones) is 1. The molecule has 1 heterocycles. The Labute approximate surface area is 82.3 Å². The van der Waals surface area contributed by atoms with Crippen LogP contribution in [0.2, 0.25) is 0 Å². The predicted octanol–water partition coefficient (Wildman–Crippen LogP) is 1.11. The van der Waals surface area contributed by atoms with Gasteiger partial charge in [0.15, 0.2) is 0 Å². The summed E-state index contributed by atoms with van der Waals surface area (Å²) in [7, 11) is 0. The van der Waals surface area contributed by atoms with Crippen LogP contribution in [0.15, 0.2) is 0 Å². The van der Waals surface area contributed by atoms with Crippen LogP contribution in [0, 0.1) is 5.92 Å². The highest BCUT2D eigenvalue weighted by Gasteiger charge is 2.31. The van der Waals surface area contributed by atoms with Crippen LogP contribution in [0.4, 0.5) is 4.79 Å². The average Bonchev–Trinajstić information content (AvgIpc) is 2.44. The van der Waals surface area contributed by atoms with E-state index >= 15 is 0 Å². The molecule has 0 bridgehead atoms. The number of hydrogen-bond donors (Lipinski definition) is 0. The first-order chi connectivity index (χ1) is 6.63. The summed E-state index contributed by atoms with van der Waals surface area (Å²) in [6.45, 7) is 3.83. The van der Waals surface area contributed by atoms with Crippen LogP contribution in [0.5, 0.6) is 0 Å². The van der Waals surface area contributed by atoms with Crippen LogP contribution >= 0.6 is 0 Å². The zero-order valence-electron chi connectivity index (χ0n) is 8.32. The van der Waals surface area contributed by atoms with Gasteiger partial charge in [-0.1, -0.05) is 6.92 Å². The SMILES string of the molecule is CCOC(=O)OCC1CC(C)C(=O)O1. The first-order valence-corrected chi connectivity index (χ1v) is 4.63. The van der Waals surface area contributed by atoms with Gasteiger partial charge in [-0.2, -0.15) is 0 Å². The van der Waals surface area contributed by atoms with E-state index in [1.165, 1.54) is 0 Å². The molecule has 5 heteroatoms. The van der Waals surface area contributed by atoms with Crippen molar-refractivity contribution < 1.29 is 23.8 Å². The Morgan fingerprint density at radius 2 is 2.29 bits per heavy atom. The average molecular weight is 202 g/mol. The Hall–Kier alpha value is -1.26. The molecular weight excluding hydrogens is 188 g/mol. The highest BCUT2D eigenvalue weighted by Crippen LogP contribution is 2.20. The van der Waals surface area contributed by atoms with Gasteiger partial charge in [0, 0.05) is 6.42 Å². The standard InChI is InChI=1S/C9H14O5/c1-3-12-9(11)13-5-7-4-6(2)8(10)14-7/h6-7H,3-5H2,1-2H3. The predicted molar refractivity (Wildman–Crippen MR) is 46.6 cm³/mol. The van der Waals surface area contributed by atoms with E-state index in [4.69, 9.17) is 9.47 Å². The third-order valence-electron chi connectivity index (χ3n) is 1.95. The van der Waals surface area contributed by atoms with Crippen LogP contribution in [0.3, 0.4) is 0 Å². The van der Waals surface area contributed by atoms with E-state index in [-0.39, 0.29) is 31.2 Å². The van der Waals surface area contributed by atoms with Gasteiger partial charge in [-0.05, 0) is 6.92 Å². The van der Waals surface area contributed by atoms with Gasteiger partial charge in [-0.25, -0.2) is 4.79 Å². The van der Waals surface area contributed by atoms with E-state index in [2.05, 4.69) is 4.74 Å². The lowest BCUT2D eigenvalue weighted by Crippen LogP contribution is -2.19. The lowest BCUT2D eigenvalue weighted by atomic mass is 10.1. The van der Waals surface area contributed by atoms with E-state index < -0.39 is 6.16 Å². The molecule has 0 amide bonds. The van der Waals surface area contributed by atoms with Gasteiger partial charge in [0.2, 0.25) is 0 Å². The number of esters is 1. The van der Waals surface area contributed by atoms with E-state index in [1.54, 1.807) is 13.8 Å². The minimum absolute atomic E-state index is 0.0783. The second-order valence-corrected chi connectivity index (χ2v) is 3.19. The summed E-state index contributed by atoms with van der Waals surface area (Å²) in [5.74, 6) is -0.340. The van der Waals surface area contributed by atoms with E-state index in [9.17, 15) is 9.59 Å². The molecule has 1 saturated heterocycles. The number of rotatable bonds is 3. The molecule has 0 aromatic heterocycles. The summed E-state index contributed by atoms with van der Waals surface area (Å²) >= 11 is 0. The van der Waals surface area contributed by atoms with Crippen LogP contribution in [0.1, 0.15) is 20.3 Å². The second kappa shape index (κ2) is 4.83. The highest BCUT2D eigenvalue weighted by molar-refractivity contribution is 5.74. The molecule has 5 nitrogen and oxygen atoms in total. The minimum atomic E-state index is -0.719. The normalized spacial score (nSPS) is 25.7. The van der Waals surface area contributed by atoms with Crippen LogP contribution in [-0.4, -0.2) is 31.4 Å². The fourth-order valence-corrected chi connectivity index (χ4v) is 1.24. The molecule has 0 N–H and O–H groups in total. The smallest absolute Gasteiger partial charge is 0.458 e. The topological polar surface area (TPSA) is 61.8 Å². The third kappa shape index (κ3) is 2.90. The summed E-state index contributed by atoms with van der Waals surface area (Å²) < 4.78 is 14.2. The van der Waals surface area contributed by atoms with Crippen LogP contribution in [0.25, 0.3) is 0 Å². The number of carbonyl (C=O) groups is 2. The van der Waals surface area contributed by atoms with Crippen molar-refractivity contribution in [2.75, 3.05) is 13.2 Å². The molecule has 0 spiro atoms. The van der Waals surface area contributed by atoms with Crippen molar-refractivity contribution in [2.24, 2.45) is 5.92 Å². The maximum absolute atomic E-state index is 11.0. The molecule has 14 heavy (non-hydrogen) atoms. The van der Waals surface area contributed by atoms with Crippen molar-refractivity contribution in [1.29, 1.82) is 0 Å². The van der Waals surface area contributed by atoms with Crippen molar-refractivity contribution in [3.63, 3.8) is 0 Å². The zero-order chi connectivity index (χ0) is 10.6. The summed E-state index contributed by atoms with van der Waals surface area (Å²) in [4.78, 5) is 21.7. The Bertz CT molecular complexity index is 225. The van der Waals surface area contributed by atoms with Gasteiger partial charge in [0.25, 0.3) is 0 Å². The van der Waals surface area contributed by atoms with Gasteiger partial charge < -0.3 is 14.2 Å². The molecule has 1 aliphatic rings. The zero-order valence-corrected chi connectivity index (χ0v) is 8.32. The summed E-state index contributed by atoms with van der Waals surface area (Å²) in [5, 5.41) is 0. The quantitative estimate of drug-likeness (QED) is 0.641. The fourth-order valence-electron chi connectivity index (χ4n) is 1.24. The molecule has 2 unspecified atom stereocenters. The Balaban J connectivity index is 2.20. The fraction of sp³-hybridized carbons (Fsp3) is 0.778. The molecule has 1 aliphatic heterocycles. The van der Waals surface area contributed by atoms with Gasteiger partial charge in [0.1, 0.15) is 12.7 Å². The van der Waals surface area contributed by atoms with Crippen LogP contribution in [-0.2, 0) is 19.0 Å². The lowest BCUT2D eigenvalue weighted by molar-refractivity contribution is -0.145. The maximum Gasteiger partial charge on any atom is 0.508 e. The third-order valence-corrected chi connectivity index (χ3v) is 1.95. The van der Waals surface area contributed by atoms with Crippen molar-refractivity contribution >= 4 is 12.1 Å². The van der Waals surface area contributed by atoms with Crippen molar-refractivity contribution in [3.05, 3.63) is 0 Å². The maximum atomic E-state index is 11.0. The van der Waals surface area contributed by atoms with E-state index in [0.29, 0.717) is 6.42 Å². The molecule has 2 atom stereocenters. The molecule has 0 aromatic rings. The largest absolute Gasteiger partial charge is 0.508 e. The molecule has 0 radical (unpaired) electrons. The first-order valence-electron chi connectivity index (χ1n) is 4.63. The molecule has 1 fully saturated rings. The second-order valence-electron chi connectivity index (χ2n) is 3.19. The molecule has 1 rings (SSSR count). The summed E-state index contributed by atoms with van der Waals surface area (Å²) in [6.07, 6.45) is -0.442. The monoisotopic (exact) mass is 202 g/mol. The Kier molecular flexibility index (Phi) is 3.73. The van der Waals surface area contributed by atoms with Crippen molar-refractivity contribution in [2.45, 2.75) is 26.4 Å². The van der Waals surface area contributed by atoms with E-state index in [1.807, 2.05) is 0 Å². The molecular formula is C9H14O5. The van der Waals surface area contributed by atoms with Crippen molar-refractivity contribution in [1.82, 2.24) is 0 Å². The number of ether oxygens (including phenoxy) is 3. The van der Waals surface area contributed by atoms with Gasteiger partial charge in [-0.3, -0.25) is 4.79 Å². The molecule has 80 valence electrons. The molecule has 0 aliphatic carbocycles. The number of carbonyl (C=O) groups excluding carboxylic acids is 2. The Morgan fingerprint density at radius 3 is 2.79 bits per heavy atom. The molecule has 0 saturated carbocycles. The first kappa shape index (κ1) is 10.8. The van der Waals surface area contributed by atoms with Gasteiger partial charge in [-0.15, -0.1) is 0 Å². The van der Waals surface area contributed by atoms with Crippen LogP contribution < -0.4 is 0 Å². The van der Waals surface area contributed by atoms with E-state index in [0.717, 1.165) is 0 Å². The molecule has 0 aromatic carbocycles.